The van der Waals surface area contributed by atoms with E-state index >= 15 is 0 Å². The van der Waals surface area contributed by atoms with E-state index in [0.29, 0.717) is 25.3 Å². The van der Waals surface area contributed by atoms with Crippen LogP contribution in [0.15, 0.2) is 65.5 Å². The van der Waals surface area contributed by atoms with E-state index in [1.54, 1.807) is 17.3 Å². The Morgan fingerprint density at radius 2 is 1.89 bits per heavy atom. The zero-order valence-corrected chi connectivity index (χ0v) is 22.2. The van der Waals surface area contributed by atoms with Crippen LogP contribution in [0, 0.1) is 0 Å². The summed E-state index contributed by atoms with van der Waals surface area (Å²) in [5.41, 5.74) is 2.56. The van der Waals surface area contributed by atoms with Gasteiger partial charge in [-0.1, -0.05) is 60.3 Å². The number of benzene rings is 2. The van der Waals surface area contributed by atoms with Gasteiger partial charge in [-0.15, -0.1) is 13.2 Å². The number of carbonyl (C=O) groups excluding carboxylic acids is 1. The first kappa shape index (κ1) is 27.2. The number of piperazine rings is 1. The topological polar surface area (TPSA) is 50.6 Å². The molecule has 1 unspecified atom stereocenters. The highest BCUT2D eigenvalue weighted by Crippen LogP contribution is 2.30. The first-order valence-electron chi connectivity index (χ1n) is 12.4. The highest BCUT2D eigenvalue weighted by atomic mass is 79.9. The first-order chi connectivity index (χ1) is 17.7. The second kappa shape index (κ2) is 12.1. The molecule has 2 aromatic carbocycles. The minimum absolute atomic E-state index is 0.0625. The third-order valence-corrected chi connectivity index (χ3v) is 7.01. The number of anilines is 1. The molecule has 0 N–H and O–H groups in total. The predicted molar refractivity (Wildman–Crippen MR) is 139 cm³/mol. The molecule has 1 aromatic heterocycles. The van der Waals surface area contributed by atoms with Gasteiger partial charge in [-0.3, -0.25) is 9.69 Å². The van der Waals surface area contributed by atoms with Crippen LogP contribution in [-0.4, -0.2) is 45.9 Å². The molecule has 10 heteroatoms. The highest BCUT2D eigenvalue weighted by Gasteiger charge is 2.34. The van der Waals surface area contributed by atoms with Crippen molar-refractivity contribution in [2.24, 2.45) is 0 Å². The number of amides is 1. The Kier molecular flexibility index (Phi) is 8.91. The molecule has 0 radical (unpaired) electrons. The van der Waals surface area contributed by atoms with E-state index in [-0.39, 0.29) is 24.2 Å². The van der Waals surface area contributed by atoms with Crippen LogP contribution in [0.25, 0.3) is 0 Å². The number of hydrogen-bond acceptors (Lipinski definition) is 4. The number of halogens is 4. The molecule has 3 aromatic rings. The number of aromatic nitrogens is 2. The molecular formula is C27H30BrF3N4O2. The third-order valence-electron chi connectivity index (χ3n) is 6.48. The Morgan fingerprint density at radius 3 is 2.62 bits per heavy atom. The molecule has 0 spiro atoms. The molecule has 1 aliphatic rings. The van der Waals surface area contributed by atoms with Crippen molar-refractivity contribution >= 4 is 27.5 Å². The molecule has 1 aliphatic heterocycles. The van der Waals surface area contributed by atoms with Crippen LogP contribution in [0.1, 0.15) is 43.9 Å². The van der Waals surface area contributed by atoms with Gasteiger partial charge < -0.3 is 14.2 Å². The number of alkyl halides is 3. The smallest absolute Gasteiger partial charge is 0.406 e. The van der Waals surface area contributed by atoms with E-state index in [4.69, 9.17) is 0 Å². The minimum atomic E-state index is -4.79. The van der Waals surface area contributed by atoms with Crippen molar-refractivity contribution < 1.29 is 22.7 Å². The summed E-state index contributed by atoms with van der Waals surface area (Å²) in [5.74, 6) is -0.491. The lowest BCUT2D eigenvalue weighted by Crippen LogP contribution is -2.56. The van der Waals surface area contributed by atoms with Crippen LogP contribution in [0.4, 0.5) is 18.9 Å². The van der Waals surface area contributed by atoms with Gasteiger partial charge >= 0.3 is 6.36 Å². The number of imidazole rings is 1. The van der Waals surface area contributed by atoms with Crippen molar-refractivity contribution in [1.29, 1.82) is 0 Å². The van der Waals surface area contributed by atoms with Crippen LogP contribution >= 0.6 is 15.9 Å². The molecule has 6 nitrogen and oxygen atoms in total. The van der Waals surface area contributed by atoms with Crippen LogP contribution in [-0.2, 0) is 17.9 Å². The van der Waals surface area contributed by atoms with Crippen LogP contribution in [0.5, 0.6) is 5.75 Å². The fraction of sp³-hybridized carbons (Fsp3) is 0.407. The SMILES string of the molecule is CCCCCC1CN(c2cccc(OC(F)(F)F)c2)C(=O)CN1Cc1cncn1Cc1ccc(Br)cc1. The summed E-state index contributed by atoms with van der Waals surface area (Å²) in [6, 6.07) is 13.8. The quantitative estimate of drug-likeness (QED) is 0.261. The van der Waals surface area contributed by atoms with Crippen molar-refractivity contribution in [1.82, 2.24) is 14.5 Å². The van der Waals surface area contributed by atoms with E-state index in [9.17, 15) is 18.0 Å². The standard InChI is InChI=1S/C27H30BrF3N4O2/c1-2-3-4-6-23-17-35(22-7-5-8-25(13-22)37-27(29,30)31)26(36)18-33(23)16-24-14-32-19-34(24)15-20-9-11-21(28)12-10-20/h5,7-14,19,23H,2-4,6,15-18H2,1H3. The van der Waals surface area contributed by atoms with E-state index in [0.717, 1.165) is 41.4 Å². The van der Waals surface area contributed by atoms with Gasteiger partial charge in [0.1, 0.15) is 5.75 Å². The fourth-order valence-corrected chi connectivity index (χ4v) is 4.88. The number of rotatable bonds is 10. The number of hydrogen-bond donors (Lipinski definition) is 0. The fourth-order valence-electron chi connectivity index (χ4n) is 4.62. The van der Waals surface area contributed by atoms with Gasteiger partial charge in [0, 0.05) is 48.1 Å². The normalized spacial score (nSPS) is 16.8. The first-order valence-corrected chi connectivity index (χ1v) is 13.1. The summed E-state index contributed by atoms with van der Waals surface area (Å²) in [6.07, 6.45) is 2.89. The molecule has 4 rings (SSSR count). The van der Waals surface area contributed by atoms with E-state index in [1.165, 1.54) is 18.2 Å². The van der Waals surface area contributed by atoms with Gasteiger partial charge in [0.15, 0.2) is 0 Å². The Morgan fingerprint density at radius 1 is 1.11 bits per heavy atom. The molecule has 2 heterocycles. The van der Waals surface area contributed by atoms with Gasteiger partial charge in [-0.2, -0.15) is 0 Å². The molecule has 1 saturated heterocycles. The molecule has 0 saturated carbocycles. The molecule has 0 bridgehead atoms. The van der Waals surface area contributed by atoms with Crippen molar-refractivity contribution in [2.45, 2.75) is 58.1 Å². The van der Waals surface area contributed by atoms with Crippen LogP contribution < -0.4 is 9.64 Å². The maximum absolute atomic E-state index is 13.2. The maximum Gasteiger partial charge on any atom is 0.573 e. The lowest BCUT2D eigenvalue weighted by atomic mass is 10.0. The summed E-state index contributed by atoms with van der Waals surface area (Å²) in [6.45, 7) is 3.94. The van der Waals surface area contributed by atoms with Crippen LogP contribution in [0.2, 0.25) is 0 Å². The summed E-state index contributed by atoms with van der Waals surface area (Å²) in [4.78, 5) is 21.3. The summed E-state index contributed by atoms with van der Waals surface area (Å²) in [7, 11) is 0. The molecule has 1 amide bonds. The van der Waals surface area contributed by atoms with Crippen LogP contribution in [0.3, 0.4) is 0 Å². The van der Waals surface area contributed by atoms with Gasteiger partial charge in [0.05, 0.1) is 18.6 Å². The van der Waals surface area contributed by atoms with Gasteiger partial charge in [0.25, 0.3) is 0 Å². The summed E-state index contributed by atoms with van der Waals surface area (Å²) in [5, 5.41) is 0. The molecule has 1 fully saturated rings. The zero-order chi connectivity index (χ0) is 26.4. The number of unbranched alkanes of at least 4 members (excludes halogenated alkanes) is 2. The third kappa shape index (κ3) is 7.58. The lowest BCUT2D eigenvalue weighted by Gasteiger charge is -2.41. The number of ether oxygens (including phenoxy) is 1. The molecule has 37 heavy (non-hydrogen) atoms. The van der Waals surface area contributed by atoms with E-state index in [1.807, 2.05) is 18.3 Å². The molecular weight excluding hydrogens is 549 g/mol. The molecule has 1 atom stereocenters. The Balaban J connectivity index is 1.51. The molecule has 198 valence electrons. The second-order valence-corrected chi connectivity index (χ2v) is 10.2. The Bertz CT molecular complexity index is 1180. The van der Waals surface area contributed by atoms with Gasteiger partial charge in [0.2, 0.25) is 5.91 Å². The Labute approximate surface area is 223 Å². The highest BCUT2D eigenvalue weighted by molar-refractivity contribution is 9.10. The maximum atomic E-state index is 13.2. The minimum Gasteiger partial charge on any atom is -0.406 e. The van der Waals surface area contributed by atoms with Crippen molar-refractivity contribution in [3.8, 4) is 5.75 Å². The van der Waals surface area contributed by atoms with Crippen molar-refractivity contribution in [2.75, 3.05) is 18.0 Å². The Hall–Kier alpha value is -2.85. The van der Waals surface area contributed by atoms with E-state index in [2.05, 4.69) is 54.2 Å². The summed E-state index contributed by atoms with van der Waals surface area (Å²) >= 11 is 3.46. The predicted octanol–water partition coefficient (Wildman–Crippen LogP) is 6.39. The zero-order valence-electron chi connectivity index (χ0n) is 20.6. The largest absolute Gasteiger partial charge is 0.573 e. The van der Waals surface area contributed by atoms with Crippen molar-refractivity contribution in [3.63, 3.8) is 0 Å². The number of nitrogens with zero attached hydrogens (tertiary/aromatic N) is 4. The van der Waals surface area contributed by atoms with Gasteiger partial charge in [-0.05, 0) is 36.2 Å². The van der Waals surface area contributed by atoms with E-state index < -0.39 is 6.36 Å². The second-order valence-electron chi connectivity index (χ2n) is 9.24. The summed E-state index contributed by atoms with van der Waals surface area (Å²) < 4.78 is 45.4. The lowest BCUT2D eigenvalue weighted by molar-refractivity contribution is -0.274. The van der Waals surface area contributed by atoms with Gasteiger partial charge in [-0.25, -0.2) is 4.98 Å². The molecule has 0 aliphatic carbocycles. The monoisotopic (exact) mass is 578 g/mol. The average Bonchev–Trinajstić information content (AvgIpc) is 3.27. The average molecular weight is 579 g/mol. The van der Waals surface area contributed by atoms with Crippen molar-refractivity contribution in [3.05, 3.63) is 76.8 Å². The number of carbonyl (C=O) groups is 1.